The molecule has 1 aliphatic heterocycles. The van der Waals surface area contributed by atoms with Gasteiger partial charge in [-0.1, -0.05) is 0 Å². The van der Waals surface area contributed by atoms with Crippen molar-refractivity contribution in [3.63, 3.8) is 0 Å². The predicted octanol–water partition coefficient (Wildman–Crippen LogP) is 0.323. The number of aromatic nitrogens is 2. The van der Waals surface area contributed by atoms with Crippen molar-refractivity contribution < 1.29 is 5.11 Å². The molecule has 1 fully saturated rings. The van der Waals surface area contributed by atoms with E-state index in [0.717, 1.165) is 23.6 Å². The van der Waals surface area contributed by atoms with Gasteiger partial charge in [-0.3, -0.25) is 14.1 Å². The van der Waals surface area contributed by atoms with E-state index in [1.165, 1.54) is 11.3 Å². The SMILES string of the molecule is O=c1cc(CN2CC[C@H](O)C2)nc2sccn12. The van der Waals surface area contributed by atoms with E-state index in [-0.39, 0.29) is 11.7 Å². The molecule has 1 atom stereocenters. The highest BCUT2D eigenvalue weighted by Crippen LogP contribution is 2.13. The summed E-state index contributed by atoms with van der Waals surface area (Å²) in [6.07, 6.45) is 2.31. The fraction of sp³-hybridized carbons (Fsp3) is 0.455. The van der Waals surface area contributed by atoms with Crippen molar-refractivity contribution in [1.82, 2.24) is 14.3 Å². The Balaban J connectivity index is 1.88. The number of nitrogens with zero attached hydrogens (tertiary/aromatic N) is 3. The van der Waals surface area contributed by atoms with Gasteiger partial charge >= 0.3 is 0 Å². The van der Waals surface area contributed by atoms with Crippen molar-refractivity contribution in [3.05, 3.63) is 33.7 Å². The minimum absolute atomic E-state index is 0.0361. The lowest BCUT2D eigenvalue weighted by Gasteiger charge is -2.13. The van der Waals surface area contributed by atoms with E-state index in [1.807, 2.05) is 5.38 Å². The Hall–Kier alpha value is -1.24. The Morgan fingerprint density at radius 2 is 2.47 bits per heavy atom. The van der Waals surface area contributed by atoms with E-state index in [4.69, 9.17) is 0 Å². The average Bonchev–Trinajstić information content (AvgIpc) is 2.87. The first-order valence-corrected chi connectivity index (χ1v) is 6.46. The van der Waals surface area contributed by atoms with Gasteiger partial charge in [0, 0.05) is 37.3 Å². The molecule has 0 saturated carbocycles. The zero-order valence-corrected chi connectivity index (χ0v) is 10.1. The van der Waals surface area contributed by atoms with Crippen LogP contribution in [0.4, 0.5) is 0 Å². The lowest BCUT2D eigenvalue weighted by atomic mass is 10.3. The van der Waals surface area contributed by atoms with Crippen molar-refractivity contribution in [2.24, 2.45) is 0 Å². The van der Waals surface area contributed by atoms with E-state index in [2.05, 4.69) is 9.88 Å². The first-order chi connectivity index (χ1) is 8.22. The molecule has 2 aromatic rings. The van der Waals surface area contributed by atoms with Crippen LogP contribution in [-0.4, -0.2) is 38.6 Å². The van der Waals surface area contributed by atoms with Crippen molar-refractivity contribution in [1.29, 1.82) is 0 Å². The molecule has 0 bridgehead atoms. The smallest absolute Gasteiger partial charge is 0.258 e. The van der Waals surface area contributed by atoms with Crippen LogP contribution in [0.5, 0.6) is 0 Å². The highest BCUT2D eigenvalue weighted by Gasteiger charge is 2.20. The predicted molar refractivity (Wildman–Crippen MR) is 65.2 cm³/mol. The summed E-state index contributed by atoms with van der Waals surface area (Å²) in [4.78, 5) is 19.1. The Labute approximate surface area is 102 Å². The van der Waals surface area contributed by atoms with Crippen molar-refractivity contribution in [3.8, 4) is 0 Å². The maximum absolute atomic E-state index is 11.8. The summed E-state index contributed by atoms with van der Waals surface area (Å²) >= 11 is 1.46. The minimum atomic E-state index is -0.235. The Kier molecular flexibility index (Phi) is 2.70. The lowest BCUT2D eigenvalue weighted by molar-refractivity contribution is 0.174. The van der Waals surface area contributed by atoms with Crippen LogP contribution in [0.2, 0.25) is 0 Å². The average molecular weight is 251 g/mol. The van der Waals surface area contributed by atoms with Gasteiger partial charge in [0.15, 0.2) is 4.96 Å². The van der Waals surface area contributed by atoms with Gasteiger partial charge < -0.3 is 5.11 Å². The molecule has 1 N–H and O–H groups in total. The van der Waals surface area contributed by atoms with Gasteiger partial charge in [0.05, 0.1) is 11.8 Å². The molecule has 0 radical (unpaired) electrons. The van der Waals surface area contributed by atoms with Gasteiger partial charge in [0.2, 0.25) is 0 Å². The van der Waals surface area contributed by atoms with Crippen LogP contribution < -0.4 is 5.56 Å². The van der Waals surface area contributed by atoms with Crippen LogP contribution in [0.15, 0.2) is 22.4 Å². The molecule has 3 rings (SSSR count). The summed E-state index contributed by atoms with van der Waals surface area (Å²) in [5.74, 6) is 0. The summed E-state index contributed by atoms with van der Waals surface area (Å²) < 4.78 is 1.55. The molecule has 3 heterocycles. The van der Waals surface area contributed by atoms with Gasteiger partial charge in [-0.05, 0) is 6.42 Å². The Morgan fingerprint density at radius 1 is 1.59 bits per heavy atom. The number of β-amino-alcohol motifs (C(OH)–C–C–N with tert-alkyl or cyclic N) is 1. The van der Waals surface area contributed by atoms with Crippen molar-refractivity contribution in [2.75, 3.05) is 13.1 Å². The summed E-state index contributed by atoms with van der Waals surface area (Å²) in [6, 6.07) is 1.57. The summed E-state index contributed by atoms with van der Waals surface area (Å²) in [6.45, 7) is 2.18. The molecule has 0 aliphatic carbocycles. The fourth-order valence-corrected chi connectivity index (χ4v) is 2.89. The zero-order chi connectivity index (χ0) is 11.8. The number of rotatable bonds is 2. The second-order valence-electron chi connectivity index (χ2n) is 4.32. The first-order valence-electron chi connectivity index (χ1n) is 5.58. The minimum Gasteiger partial charge on any atom is -0.392 e. The molecule has 2 aromatic heterocycles. The van der Waals surface area contributed by atoms with E-state index >= 15 is 0 Å². The third-order valence-corrected chi connectivity index (χ3v) is 3.75. The van der Waals surface area contributed by atoms with Crippen LogP contribution in [0.1, 0.15) is 12.1 Å². The monoisotopic (exact) mass is 251 g/mol. The van der Waals surface area contributed by atoms with Crippen LogP contribution >= 0.6 is 11.3 Å². The molecule has 0 unspecified atom stereocenters. The van der Waals surface area contributed by atoms with E-state index in [9.17, 15) is 9.90 Å². The number of aliphatic hydroxyl groups is 1. The molecule has 5 nitrogen and oxygen atoms in total. The normalized spacial score (nSPS) is 21.4. The number of aliphatic hydroxyl groups excluding tert-OH is 1. The molecule has 1 aliphatic rings. The molecule has 17 heavy (non-hydrogen) atoms. The number of fused-ring (bicyclic) bond motifs is 1. The number of thiazole rings is 1. The zero-order valence-electron chi connectivity index (χ0n) is 9.24. The topological polar surface area (TPSA) is 57.8 Å². The third kappa shape index (κ3) is 2.11. The molecule has 0 aromatic carbocycles. The fourth-order valence-electron chi connectivity index (χ4n) is 2.15. The number of likely N-dealkylation sites (tertiary alicyclic amines) is 1. The van der Waals surface area contributed by atoms with Crippen LogP contribution in [0.3, 0.4) is 0 Å². The highest BCUT2D eigenvalue weighted by molar-refractivity contribution is 7.15. The molecular weight excluding hydrogens is 238 g/mol. The standard InChI is InChI=1S/C11H13N3O2S/c15-9-1-2-13(7-9)6-8-5-10(16)14-3-4-17-11(14)12-8/h3-5,9,15H,1-2,6-7H2/t9-/m0/s1. The Bertz CT molecular complexity index is 592. The Morgan fingerprint density at radius 3 is 3.24 bits per heavy atom. The van der Waals surface area contributed by atoms with Gasteiger partial charge in [-0.2, -0.15) is 0 Å². The molecular formula is C11H13N3O2S. The lowest BCUT2D eigenvalue weighted by Crippen LogP contribution is -2.23. The number of hydrogen-bond donors (Lipinski definition) is 1. The second-order valence-corrected chi connectivity index (χ2v) is 5.19. The molecule has 0 spiro atoms. The van der Waals surface area contributed by atoms with Gasteiger partial charge in [-0.15, -0.1) is 11.3 Å². The quantitative estimate of drug-likeness (QED) is 0.835. The maximum atomic E-state index is 11.8. The van der Waals surface area contributed by atoms with Crippen LogP contribution in [0.25, 0.3) is 4.96 Å². The van der Waals surface area contributed by atoms with Crippen molar-refractivity contribution in [2.45, 2.75) is 19.1 Å². The summed E-state index contributed by atoms with van der Waals surface area (Å²) in [5, 5.41) is 11.3. The molecule has 90 valence electrons. The molecule has 0 amide bonds. The van der Waals surface area contributed by atoms with Gasteiger partial charge in [0.1, 0.15) is 0 Å². The van der Waals surface area contributed by atoms with E-state index in [1.54, 1.807) is 16.7 Å². The highest BCUT2D eigenvalue weighted by atomic mass is 32.1. The maximum Gasteiger partial charge on any atom is 0.258 e. The second kappa shape index (κ2) is 4.21. The first kappa shape index (κ1) is 10.9. The molecule has 1 saturated heterocycles. The van der Waals surface area contributed by atoms with Gasteiger partial charge in [-0.25, -0.2) is 4.98 Å². The van der Waals surface area contributed by atoms with E-state index in [0.29, 0.717) is 13.1 Å². The third-order valence-electron chi connectivity index (χ3n) is 2.99. The van der Waals surface area contributed by atoms with Crippen molar-refractivity contribution >= 4 is 16.3 Å². The van der Waals surface area contributed by atoms with Crippen LogP contribution in [0, 0.1) is 0 Å². The molecule has 6 heteroatoms. The van der Waals surface area contributed by atoms with E-state index < -0.39 is 0 Å². The summed E-state index contributed by atoms with van der Waals surface area (Å²) in [5.41, 5.74) is 0.748. The largest absolute Gasteiger partial charge is 0.392 e. The van der Waals surface area contributed by atoms with Crippen LogP contribution in [-0.2, 0) is 6.54 Å². The number of hydrogen-bond acceptors (Lipinski definition) is 5. The van der Waals surface area contributed by atoms with Gasteiger partial charge in [0.25, 0.3) is 5.56 Å². The summed E-state index contributed by atoms with van der Waals surface area (Å²) in [7, 11) is 0.